The topological polar surface area (TPSA) is 63.8 Å². The summed E-state index contributed by atoms with van der Waals surface area (Å²) in [6, 6.07) is 5.39. The molecule has 0 aliphatic carbocycles. The van der Waals surface area contributed by atoms with Crippen molar-refractivity contribution in [2.45, 2.75) is 6.92 Å². The quantitative estimate of drug-likeness (QED) is 0.681. The molecule has 0 spiro atoms. The van der Waals surface area contributed by atoms with Crippen molar-refractivity contribution < 1.29 is 14.6 Å². The summed E-state index contributed by atoms with van der Waals surface area (Å²) in [4.78, 5) is 16.8. The normalized spacial score (nSPS) is 15.0. The standard InChI is InChI=1S/C16H14N2O3S2/c1-3-21-11-4-5-12-9(7-11)6-10(14(19)17-12)8-13-15(20)18(2)16(22)23-13/h4-8,20H,3H2,1-2H3/b10-8-. The second-order valence-electron chi connectivity index (χ2n) is 4.93. The van der Waals surface area contributed by atoms with Crippen LogP contribution in [0.1, 0.15) is 11.8 Å². The number of hydrogen-bond acceptors (Lipinski definition) is 5. The first-order chi connectivity index (χ1) is 11.0. The van der Waals surface area contributed by atoms with Gasteiger partial charge in [0.05, 0.1) is 16.8 Å². The molecular formula is C16H14N2O3S2. The Balaban J connectivity index is 2.12. The van der Waals surface area contributed by atoms with Crippen LogP contribution >= 0.6 is 23.6 Å². The molecular weight excluding hydrogens is 332 g/mol. The molecule has 1 amide bonds. The van der Waals surface area contributed by atoms with Crippen molar-refractivity contribution in [1.29, 1.82) is 0 Å². The van der Waals surface area contributed by atoms with E-state index in [1.54, 1.807) is 31.3 Å². The predicted octanol–water partition coefficient (Wildman–Crippen LogP) is 1.94. The molecule has 1 aliphatic heterocycles. The molecule has 23 heavy (non-hydrogen) atoms. The summed E-state index contributed by atoms with van der Waals surface area (Å²) in [7, 11) is 1.68. The van der Waals surface area contributed by atoms with E-state index < -0.39 is 0 Å². The molecule has 0 saturated carbocycles. The predicted molar refractivity (Wildman–Crippen MR) is 91.6 cm³/mol. The van der Waals surface area contributed by atoms with E-state index in [1.807, 2.05) is 13.0 Å². The summed E-state index contributed by atoms with van der Waals surface area (Å²) in [5.41, 5.74) is 0.401. The van der Waals surface area contributed by atoms with Crippen molar-refractivity contribution in [1.82, 2.24) is 4.57 Å². The molecule has 0 saturated heterocycles. The van der Waals surface area contributed by atoms with Crippen LogP contribution in [0.25, 0.3) is 12.2 Å². The lowest BCUT2D eigenvalue weighted by Crippen LogP contribution is -2.30. The van der Waals surface area contributed by atoms with Crippen LogP contribution in [0.15, 0.2) is 28.8 Å². The molecule has 0 radical (unpaired) electrons. The van der Waals surface area contributed by atoms with Crippen molar-refractivity contribution in [3.63, 3.8) is 0 Å². The van der Waals surface area contributed by atoms with Crippen LogP contribution in [0.3, 0.4) is 0 Å². The molecule has 0 unspecified atom stereocenters. The van der Waals surface area contributed by atoms with Gasteiger partial charge in [0.25, 0.3) is 5.91 Å². The Morgan fingerprint density at radius 3 is 2.91 bits per heavy atom. The van der Waals surface area contributed by atoms with Crippen LogP contribution in [0.4, 0.5) is 0 Å². The monoisotopic (exact) mass is 346 g/mol. The maximum Gasteiger partial charge on any atom is 0.277 e. The van der Waals surface area contributed by atoms with Crippen molar-refractivity contribution >= 4 is 41.6 Å². The Kier molecular flexibility index (Phi) is 4.14. The first kappa shape index (κ1) is 15.6. The van der Waals surface area contributed by atoms with Gasteiger partial charge in [-0.25, -0.2) is 4.99 Å². The van der Waals surface area contributed by atoms with Crippen LogP contribution in [0.5, 0.6) is 11.6 Å². The summed E-state index contributed by atoms with van der Waals surface area (Å²) in [5.74, 6) is 0.426. The molecule has 7 heteroatoms. The van der Waals surface area contributed by atoms with Gasteiger partial charge in [-0.1, -0.05) is 0 Å². The Labute approximate surface area is 141 Å². The number of carbonyl (C=O) groups is 1. The maximum absolute atomic E-state index is 12.2. The number of fused-ring (bicyclic) bond motifs is 1. The van der Waals surface area contributed by atoms with E-state index >= 15 is 0 Å². The summed E-state index contributed by atoms with van der Waals surface area (Å²) in [5, 5.41) is 11.4. The molecule has 5 nitrogen and oxygen atoms in total. The van der Waals surface area contributed by atoms with Crippen molar-refractivity contribution in [2.75, 3.05) is 6.61 Å². The van der Waals surface area contributed by atoms with Gasteiger partial charge in [0.2, 0.25) is 5.88 Å². The summed E-state index contributed by atoms with van der Waals surface area (Å²) in [6.07, 6.45) is 3.35. The molecule has 0 fully saturated rings. The van der Waals surface area contributed by atoms with Gasteiger partial charge in [0.15, 0.2) is 3.95 Å². The molecule has 1 aromatic heterocycles. The van der Waals surface area contributed by atoms with Gasteiger partial charge in [-0.2, -0.15) is 0 Å². The second kappa shape index (κ2) is 6.10. The number of amides is 1. The smallest absolute Gasteiger partial charge is 0.277 e. The van der Waals surface area contributed by atoms with E-state index in [4.69, 9.17) is 17.0 Å². The highest BCUT2D eigenvalue weighted by Crippen LogP contribution is 2.27. The molecule has 0 bridgehead atoms. The minimum Gasteiger partial charge on any atom is -0.494 e. The van der Waals surface area contributed by atoms with Crippen LogP contribution < -0.4 is 15.3 Å². The van der Waals surface area contributed by atoms with Crippen LogP contribution in [-0.4, -0.2) is 22.2 Å². The largest absolute Gasteiger partial charge is 0.494 e. The molecule has 0 atom stereocenters. The highest BCUT2D eigenvalue weighted by atomic mass is 32.1. The van der Waals surface area contributed by atoms with E-state index in [9.17, 15) is 9.90 Å². The number of thiazole rings is 1. The Morgan fingerprint density at radius 1 is 1.48 bits per heavy atom. The lowest BCUT2D eigenvalue weighted by Gasteiger charge is -2.06. The van der Waals surface area contributed by atoms with Crippen molar-refractivity contribution in [2.24, 2.45) is 12.0 Å². The van der Waals surface area contributed by atoms with Gasteiger partial charge in [-0.15, -0.1) is 11.3 Å². The van der Waals surface area contributed by atoms with Gasteiger partial charge in [0, 0.05) is 17.8 Å². The average molecular weight is 346 g/mol. The number of hydrogen-bond donors (Lipinski definition) is 1. The number of benzene rings is 1. The van der Waals surface area contributed by atoms with Crippen LogP contribution in [0.2, 0.25) is 0 Å². The van der Waals surface area contributed by atoms with Crippen molar-refractivity contribution in [3.05, 3.63) is 43.2 Å². The number of nitrogens with zero attached hydrogens (tertiary/aromatic N) is 2. The van der Waals surface area contributed by atoms with E-state index in [2.05, 4.69) is 4.99 Å². The molecule has 3 rings (SSSR count). The van der Waals surface area contributed by atoms with Crippen LogP contribution in [-0.2, 0) is 11.8 Å². The van der Waals surface area contributed by atoms with Crippen molar-refractivity contribution in [3.8, 4) is 11.6 Å². The van der Waals surface area contributed by atoms with Gasteiger partial charge >= 0.3 is 0 Å². The second-order valence-corrected chi connectivity index (χ2v) is 6.61. The zero-order valence-electron chi connectivity index (χ0n) is 12.6. The SMILES string of the molecule is CCOc1ccc2c(c1)=C/C(=C/c1sc(=S)n(C)c1O)C(=O)N=2. The third-order valence-electron chi connectivity index (χ3n) is 3.39. The Bertz CT molecular complexity index is 999. The fourth-order valence-corrected chi connectivity index (χ4v) is 3.39. The Hall–Kier alpha value is -2.25. The molecule has 118 valence electrons. The first-order valence-electron chi connectivity index (χ1n) is 6.97. The lowest BCUT2D eigenvalue weighted by molar-refractivity contribution is -0.114. The highest BCUT2D eigenvalue weighted by molar-refractivity contribution is 7.73. The molecule has 1 aliphatic rings. The average Bonchev–Trinajstić information content (AvgIpc) is 2.76. The number of ether oxygens (including phenoxy) is 1. The minimum atomic E-state index is -0.344. The molecule has 2 heterocycles. The number of rotatable bonds is 3. The van der Waals surface area contributed by atoms with E-state index in [0.717, 1.165) is 11.0 Å². The first-order valence-corrected chi connectivity index (χ1v) is 8.20. The zero-order chi connectivity index (χ0) is 16.6. The third kappa shape index (κ3) is 2.97. The maximum atomic E-state index is 12.2. The van der Waals surface area contributed by atoms with Gasteiger partial charge in [-0.3, -0.25) is 9.36 Å². The van der Waals surface area contributed by atoms with Gasteiger partial charge in [0.1, 0.15) is 5.75 Å². The molecule has 1 N–H and O–H groups in total. The van der Waals surface area contributed by atoms with Crippen LogP contribution in [0, 0.1) is 3.95 Å². The summed E-state index contributed by atoms with van der Waals surface area (Å²) < 4.78 is 7.50. The number of aromatic hydroxyl groups is 1. The number of carbonyl (C=O) groups excluding carboxylic acids is 1. The minimum absolute atomic E-state index is 0.0440. The Morgan fingerprint density at radius 2 is 2.26 bits per heavy atom. The highest BCUT2D eigenvalue weighted by Gasteiger charge is 2.14. The lowest BCUT2D eigenvalue weighted by atomic mass is 10.1. The molecule has 1 aromatic carbocycles. The summed E-state index contributed by atoms with van der Waals surface area (Å²) in [6.45, 7) is 2.48. The van der Waals surface area contributed by atoms with Gasteiger partial charge < -0.3 is 9.84 Å². The van der Waals surface area contributed by atoms with E-state index in [1.165, 1.54) is 15.9 Å². The number of aromatic nitrogens is 1. The fourth-order valence-electron chi connectivity index (χ4n) is 2.21. The fraction of sp³-hybridized carbons (Fsp3) is 0.188. The summed E-state index contributed by atoms with van der Waals surface area (Å²) >= 11 is 6.37. The molecule has 2 aromatic rings. The van der Waals surface area contributed by atoms with E-state index in [-0.39, 0.29) is 11.8 Å². The third-order valence-corrected chi connectivity index (χ3v) is 4.88. The van der Waals surface area contributed by atoms with Gasteiger partial charge in [-0.05, 0) is 49.5 Å². The zero-order valence-corrected chi connectivity index (χ0v) is 14.2. The van der Waals surface area contributed by atoms with E-state index in [0.29, 0.717) is 26.4 Å².